The number of benzene rings is 2. The maximum absolute atomic E-state index is 13.4. The van der Waals surface area contributed by atoms with E-state index in [2.05, 4.69) is 37.2 Å². The number of aromatic nitrogens is 2. The van der Waals surface area contributed by atoms with Gasteiger partial charge in [0.25, 0.3) is 5.91 Å². The molecule has 2 heterocycles. The number of hydrogen-bond acceptors (Lipinski definition) is 5. The van der Waals surface area contributed by atoms with Crippen LogP contribution in [0.15, 0.2) is 60.7 Å². The molecule has 0 radical (unpaired) electrons. The number of nitrogens with one attached hydrogen (secondary N) is 1. The molecule has 0 bridgehead atoms. The predicted octanol–water partition coefficient (Wildman–Crippen LogP) is 3.50. The first-order valence-corrected chi connectivity index (χ1v) is 9.56. The Hall–Kier alpha value is -3.48. The van der Waals surface area contributed by atoms with E-state index in [-0.39, 0.29) is 11.6 Å². The highest BCUT2D eigenvalue weighted by molar-refractivity contribution is 6.03. The summed E-state index contributed by atoms with van der Waals surface area (Å²) in [4.78, 5) is 26.0. The van der Waals surface area contributed by atoms with Crippen molar-refractivity contribution in [2.45, 2.75) is 6.92 Å². The van der Waals surface area contributed by atoms with Gasteiger partial charge in [-0.15, -0.1) is 0 Å². The first-order valence-electron chi connectivity index (χ1n) is 9.56. The van der Waals surface area contributed by atoms with E-state index in [1.165, 1.54) is 17.8 Å². The summed E-state index contributed by atoms with van der Waals surface area (Å²) < 4.78 is 13.4. The van der Waals surface area contributed by atoms with Crippen molar-refractivity contribution in [1.82, 2.24) is 9.97 Å². The number of para-hydroxylation sites is 1. The largest absolute Gasteiger partial charge is 0.368 e. The normalized spacial score (nSPS) is 14.0. The van der Waals surface area contributed by atoms with E-state index in [4.69, 9.17) is 0 Å². The van der Waals surface area contributed by atoms with Gasteiger partial charge in [0.1, 0.15) is 11.5 Å². The number of aryl methyl sites for hydroxylation is 1. The van der Waals surface area contributed by atoms with E-state index in [0.29, 0.717) is 17.3 Å². The molecule has 0 unspecified atom stereocenters. The Kier molecular flexibility index (Phi) is 5.37. The molecule has 29 heavy (non-hydrogen) atoms. The molecular formula is C22H22FN5O. The van der Waals surface area contributed by atoms with Crippen molar-refractivity contribution in [2.75, 3.05) is 41.3 Å². The molecule has 1 aliphatic heterocycles. The SMILES string of the molecule is Cc1cc(C(=O)Nc2cccc(F)c2)nc(N2CCN(c3ccccc3)CC2)n1. The molecule has 0 spiro atoms. The average molecular weight is 391 g/mol. The van der Waals surface area contributed by atoms with Gasteiger partial charge in [-0.05, 0) is 43.3 Å². The molecule has 2 aromatic carbocycles. The highest BCUT2D eigenvalue weighted by atomic mass is 19.1. The summed E-state index contributed by atoms with van der Waals surface area (Å²) in [5.74, 6) is -0.244. The summed E-state index contributed by atoms with van der Waals surface area (Å²) in [6.45, 7) is 5.08. The van der Waals surface area contributed by atoms with Gasteiger partial charge in [0.05, 0.1) is 0 Å². The molecule has 1 N–H and O–H groups in total. The zero-order chi connectivity index (χ0) is 20.2. The van der Waals surface area contributed by atoms with Crippen LogP contribution < -0.4 is 15.1 Å². The molecular weight excluding hydrogens is 369 g/mol. The molecule has 1 aliphatic rings. The number of amides is 1. The van der Waals surface area contributed by atoms with Crippen LogP contribution in [0.4, 0.5) is 21.7 Å². The topological polar surface area (TPSA) is 61.4 Å². The van der Waals surface area contributed by atoms with Crippen molar-refractivity contribution in [3.05, 3.63) is 77.9 Å². The Morgan fingerprint density at radius 1 is 0.931 bits per heavy atom. The van der Waals surface area contributed by atoms with E-state index in [1.54, 1.807) is 18.2 Å². The van der Waals surface area contributed by atoms with Gasteiger partial charge >= 0.3 is 0 Å². The lowest BCUT2D eigenvalue weighted by Crippen LogP contribution is -2.47. The number of halogens is 1. The van der Waals surface area contributed by atoms with Crippen LogP contribution in [0.2, 0.25) is 0 Å². The number of hydrogen-bond donors (Lipinski definition) is 1. The van der Waals surface area contributed by atoms with Gasteiger partial charge in [-0.3, -0.25) is 4.79 Å². The minimum Gasteiger partial charge on any atom is -0.368 e. The maximum atomic E-state index is 13.4. The summed E-state index contributed by atoms with van der Waals surface area (Å²) in [6, 6.07) is 17.7. The van der Waals surface area contributed by atoms with Gasteiger partial charge in [0.15, 0.2) is 0 Å². The highest BCUT2D eigenvalue weighted by Gasteiger charge is 2.21. The monoisotopic (exact) mass is 391 g/mol. The summed E-state index contributed by atoms with van der Waals surface area (Å²) in [5, 5.41) is 2.69. The lowest BCUT2D eigenvalue weighted by atomic mass is 10.2. The Balaban J connectivity index is 1.46. The van der Waals surface area contributed by atoms with E-state index in [0.717, 1.165) is 26.2 Å². The molecule has 0 atom stereocenters. The first kappa shape index (κ1) is 18.9. The Morgan fingerprint density at radius 2 is 1.66 bits per heavy atom. The van der Waals surface area contributed by atoms with Crippen LogP contribution in [0.3, 0.4) is 0 Å². The van der Waals surface area contributed by atoms with Crippen molar-refractivity contribution < 1.29 is 9.18 Å². The number of carbonyl (C=O) groups excluding carboxylic acids is 1. The summed E-state index contributed by atoms with van der Waals surface area (Å²) in [7, 11) is 0. The molecule has 3 aromatic rings. The van der Waals surface area contributed by atoms with Crippen LogP contribution >= 0.6 is 0 Å². The van der Waals surface area contributed by atoms with Crippen molar-refractivity contribution in [2.24, 2.45) is 0 Å². The van der Waals surface area contributed by atoms with Crippen molar-refractivity contribution in [3.8, 4) is 0 Å². The smallest absolute Gasteiger partial charge is 0.274 e. The van der Waals surface area contributed by atoms with Crippen molar-refractivity contribution >= 4 is 23.2 Å². The van der Waals surface area contributed by atoms with Crippen LogP contribution in [-0.2, 0) is 0 Å². The quantitative estimate of drug-likeness (QED) is 0.738. The fraction of sp³-hybridized carbons (Fsp3) is 0.227. The van der Waals surface area contributed by atoms with E-state index < -0.39 is 5.82 Å². The maximum Gasteiger partial charge on any atom is 0.274 e. The molecule has 1 fully saturated rings. The van der Waals surface area contributed by atoms with Crippen LogP contribution in [-0.4, -0.2) is 42.1 Å². The third kappa shape index (κ3) is 4.51. The van der Waals surface area contributed by atoms with Crippen LogP contribution in [0, 0.1) is 12.7 Å². The van der Waals surface area contributed by atoms with Gasteiger partial charge in [-0.1, -0.05) is 24.3 Å². The predicted molar refractivity (Wildman–Crippen MR) is 112 cm³/mol. The molecule has 6 nitrogen and oxygen atoms in total. The number of anilines is 3. The van der Waals surface area contributed by atoms with E-state index in [1.807, 2.05) is 25.1 Å². The number of carbonyl (C=O) groups is 1. The molecule has 1 amide bonds. The minimum absolute atomic E-state index is 0.266. The standard InChI is InChI=1S/C22H22FN5O/c1-16-14-20(21(29)25-18-7-5-6-17(23)15-18)26-22(24-16)28-12-10-27(11-13-28)19-8-3-2-4-9-19/h2-9,14-15H,10-13H2,1H3,(H,25,29). The Bertz CT molecular complexity index is 1000. The van der Waals surface area contributed by atoms with Gasteiger partial charge in [-0.2, -0.15) is 0 Å². The third-order valence-electron chi connectivity index (χ3n) is 4.84. The van der Waals surface area contributed by atoms with Gasteiger partial charge < -0.3 is 15.1 Å². The summed E-state index contributed by atoms with van der Waals surface area (Å²) in [5.41, 5.74) is 2.57. The molecule has 1 aromatic heterocycles. The molecule has 4 rings (SSSR count). The molecule has 1 saturated heterocycles. The number of nitrogens with zero attached hydrogens (tertiary/aromatic N) is 4. The minimum atomic E-state index is -0.404. The number of rotatable bonds is 4. The summed E-state index contributed by atoms with van der Waals surface area (Å²) in [6.07, 6.45) is 0. The first-order chi connectivity index (χ1) is 14.1. The Morgan fingerprint density at radius 3 is 2.38 bits per heavy atom. The van der Waals surface area contributed by atoms with E-state index in [9.17, 15) is 9.18 Å². The second-order valence-electron chi connectivity index (χ2n) is 6.97. The highest BCUT2D eigenvalue weighted by Crippen LogP contribution is 2.19. The molecule has 0 aliphatic carbocycles. The third-order valence-corrected chi connectivity index (χ3v) is 4.84. The van der Waals surface area contributed by atoms with Gasteiger partial charge in [-0.25, -0.2) is 14.4 Å². The van der Waals surface area contributed by atoms with E-state index >= 15 is 0 Å². The zero-order valence-corrected chi connectivity index (χ0v) is 16.2. The van der Waals surface area contributed by atoms with Crippen LogP contribution in [0.1, 0.15) is 16.2 Å². The fourth-order valence-electron chi connectivity index (χ4n) is 3.38. The molecule has 7 heteroatoms. The molecule has 148 valence electrons. The van der Waals surface area contributed by atoms with Crippen LogP contribution in [0.25, 0.3) is 0 Å². The average Bonchev–Trinajstić information content (AvgIpc) is 2.74. The van der Waals surface area contributed by atoms with Gasteiger partial charge in [0, 0.05) is 43.2 Å². The Labute approximate surface area is 169 Å². The van der Waals surface area contributed by atoms with Crippen molar-refractivity contribution in [1.29, 1.82) is 0 Å². The molecule has 0 saturated carbocycles. The zero-order valence-electron chi connectivity index (χ0n) is 16.2. The van der Waals surface area contributed by atoms with Gasteiger partial charge in [0.2, 0.25) is 5.95 Å². The fourth-order valence-corrected chi connectivity index (χ4v) is 3.38. The number of piperazine rings is 1. The summed E-state index contributed by atoms with van der Waals surface area (Å²) >= 11 is 0. The second kappa shape index (κ2) is 8.26. The lowest BCUT2D eigenvalue weighted by molar-refractivity contribution is 0.102. The lowest BCUT2D eigenvalue weighted by Gasteiger charge is -2.36. The van der Waals surface area contributed by atoms with Crippen molar-refractivity contribution in [3.63, 3.8) is 0 Å². The second-order valence-corrected chi connectivity index (χ2v) is 6.97. The van der Waals surface area contributed by atoms with Crippen LogP contribution in [0.5, 0.6) is 0 Å².